The van der Waals surface area contributed by atoms with Gasteiger partial charge in [-0.05, 0) is 12.8 Å². The average molecular weight is 218 g/mol. The van der Waals surface area contributed by atoms with E-state index in [-0.39, 0.29) is 12.8 Å². The van der Waals surface area contributed by atoms with Crippen LogP contribution in [-0.2, 0) is 20.2 Å². The molecule has 0 aliphatic rings. The summed E-state index contributed by atoms with van der Waals surface area (Å²) in [6.45, 7) is 0. The molecular formula is C4H10O6S2. The summed E-state index contributed by atoms with van der Waals surface area (Å²) in [4.78, 5) is 0. The number of hydrogen-bond acceptors (Lipinski definition) is 4. The molecule has 0 bridgehead atoms. The van der Waals surface area contributed by atoms with Crippen molar-refractivity contribution < 1.29 is 25.9 Å². The second-order valence-corrected chi connectivity index (χ2v) is 5.42. The summed E-state index contributed by atoms with van der Waals surface area (Å²) >= 11 is 0. The molecule has 0 aromatic carbocycles. The second-order valence-electron chi connectivity index (χ2n) is 2.28. The molecule has 2 N–H and O–H groups in total. The smallest absolute Gasteiger partial charge is 0.264 e. The first kappa shape index (κ1) is 11.8. The van der Waals surface area contributed by atoms with Gasteiger partial charge in [0.2, 0.25) is 0 Å². The van der Waals surface area contributed by atoms with Crippen molar-refractivity contribution in [2.75, 3.05) is 11.5 Å². The van der Waals surface area contributed by atoms with Gasteiger partial charge in [-0.25, -0.2) is 0 Å². The van der Waals surface area contributed by atoms with Crippen LogP contribution in [0.1, 0.15) is 12.8 Å². The van der Waals surface area contributed by atoms with Crippen LogP contribution < -0.4 is 0 Å². The van der Waals surface area contributed by atoms with E-state index in [9.17, 15) is 16.8 Å². The van der Waals surface area contributed by atoms with Crippen molar-refractivity contribution in [3.8, 4) is 0 Å². The molecule has 12 heavy (non-hydrogen) atoms. The third kappa shape index (κ3) is 9.82. The Balaban J connectivity index is 3.62. The minimum Gasteiger partial charge on any atom is -0.286 e. The van der Waals surface area contributed by atoms with Gasteiger partial charge >= 0.3 is 0 Å². The van der Waals surface area contributed by atoms with E-state index in [1.165, 1.54) is 0 Å². The summed E-state index contributed by atoms with van der Waals surface area (Å²) in [6.07, 6.45) is 0.0250. The molecule has 0 atom stereocenters. The van der Waals surface area contributed by atoms with Gasteiger partial charge in [0.15, 0.2) is 0 Å². The van der Waals surface area contributed by atoms with E-state index in [2.05, 4.69) is 0 Å². The molecule has 0 unspecified atom stereocenters. The zero-order valence-corrected chi connectivity index (χ0v) is 7.81. The maximum atomic E-state index is 10.1. The van der Waals surface area contributed by atoms with Gasteiger partial charge in [0.1, 0.15) is 0 Å². The fraction of sp³-hybridized carbons (Fsp3) is 1.00. The van der Waals surface area contributed by atoms with Crippen LogP contribution in [0, 0.1) is 0 Å². The van der Waals surface area contributed by atoms with Crippen molar-refractivity contribution in [2.24, 2.45) is 0 Å². The number of hydrogen-bond donors (Lipinski definition) is 2. The van der Waals surface area contributed by atoms with E-state index >= 15 is 0 Å². The molecule has 0 spiro atoms. The predicted octanol–water partition coefficient (Wildman–Crippen LogP) is -0.458. The van der Waals surface area contributed by atoms with Crippen molar-refractivity contribution in [3.63, 3.8) is 0 Å². The highest BCUT2D eigenvalue weighted by atomic mass is 32.2. The predicted molar refractivity (Wildman–Crippen MR) is 42.1 cm³/mol. The lowest BCUT2D eigenvalue weighted by atomic mass is 10.4. The second kappa shape index (κ2) is 4.17. The first-order chi connectivity index (χ1) is 5.21. The Hall–Kier alpha value is -0.180. The van der Waals surface area contributed by atoms with Crippen molar-refractivity contribution >= 4 is 20.2 Å². The maximum Gasteiger partial charge on any atom is 0.264 e. The van der Waals surface area contributed by atoms with Crippen molar-refractivity contribution in [1.29, 1.82) is 0 Å². The summed E-state index contributed by atoms with van der Waals surface area (Å²) in [5.74, 6) is -0.967. The fourth-order valence-corrected chi connectivity index (χ4v) is 1.71. The Morgan fingerprint density at radius 3 is 1.17 bits per heavy atom. The molecule has 0 saturated carbocycles. The molecular weight excluding hydrogens is 208 g/mol. The summed E-state index contributed by atoms with van der Waals surface area (Å²) in [7, 11) is -8.04. The largest absolute Gasteiger partial charge is 0.286 e. The van der Waals surface area contributed by atoms with Gasteiger partial charge in [0.05, 0.1) is 11.5 Å². The highest BCUT2D eigenvalue weighted by molar-refractivity contribution is 7.86. The Bertz CT molecular complexity index is 277. The first-order valence-electron chi connectivity index (χ1n) is 3.11. The van der Waals surface area contributed by atoms with E-state index in [0.29, 0.717) is 0 Å². The van der Waals surface area contributed by atoms with Crippen LogP contribution >= 0.6 is 0 Å². The third-order valence-corrected chi connectivity index (χ3v) is 2.66. The molecule has 8 heteroatoms. The Labute approximate surface area is 71.1 Å². The molecule has 0 heterocycles. The molecule has 0 amide bonds. The van der Waals surface area contributed by atoms with E-state index < -0.39 is 31.7 Å². The lowest BCUT2D eigenvalue weighted by molar-refractivity contribution is 0.473. The average Bonchev–Trinajstić information content (AvgIpc) is 1.76. The van der Waals surface area contributed by atoms with Crippen molar-refractivity contribution in [3.05, 3.63) is 0 Å². The van der Waals surface area contributed by atoms with E-state index in [1.807, 2.05) is 0 Å². The molecule has 0 aromatic rings. The molecule has 0 aliphatic carbocycles. The fourth-order valence-electron chi connectivity index (χ4n) is 0.569. The van der Waals surface area contributed by atoms with Crippen LogP contribution in [0.3, 0.4) is 0 Å². The highest BCUT2D eigenvalue weighted by Crippen LogP contribution is 1.96. The summed E-state index contributed by atoms with van der Waals surface area (Å²) in [5.41, 5.74) is 0. The SMILES string of the molecule is O=S(=O)(O)CCCCS(=O)(=O)O. The van der Waals surface area contributed by atoms with Crippen LogP contribution in [0.5, 0.6) is 0 Å². The van der Waals surface area contributed by atoms with Gasteiger partial charge < -0.3 is 0 Å². The van der Waals surface area contributed by atoms with Crippen LogP contribution in [0.15, 0.2) is 0 Å². The standard InChI is InChI=1S/C4H10O6S2/c5-11(6,7)3-1-2-4-12(8,9)10/h1-4H2,(H,5,6,7)(H,8,9,10). The topological polar surface area (TPSA) is 109 Å². The molecule has 0 aliphatic heterocycles. The molecule has 6 nitrogen and oxygen atoms in total. The van der Waals surface area contributed by atoms with Gasteiger partial charge in [0, 0.05) is 0 Å². The van der Waals surface area contributed by atoms with Crippen LogP contribution in [-0.4, -0.2) is 37.4 Å². The summed E-state index contributed by atoms with van der Waals surface area (Å²) < 4.78 is 56.8. The van der Waals surface area contributed by atoms with Crippen LogP contribution in [0.25, 0.3) is 0 Å². The minimum atomic E-state index is -4.02. The van der Waals surface area contributed by atoms with Crippen molar-refractivity contribution in [1.82, 2.24) is 0 Å². The number of rotatable bonds is 5. The summed E-state index contributed by atoms with van der Waals surface area (Å²) in [5, 5.41) is 0. The lowest BCUT2D eigenvalue weighted by Crippen LogP contribution is -2.08. The zero-order chi connectivity index (χ0) is 9.83. The molecule has 0 aromatic heterocycles. The Morgan fingerprint density at radius 2 is 1.00 bits per heavy atom. The van der Waals surface area contributed by atoms with Gasteiger partial charge in [-0.2, -0.15) is 16.8 Å². The Morgan fingerprint density at radius 1 is 0.750 bits per heavy atom. The molecule has 0 rings (SSSR count). The van der Waals surface area contributed by atoms with E-state index in [1.54, 1.807) is 0 Å². The molecule has 0 fully saturated rings. The maximum absolute atomic E-state index is 10.1. The number of unbranched alkanes of at least 4 members (excludes halogenated alkanes) is 1. The van der Waals surface area contributed by atoms with Gasteiger partial charge in [-0.1, -0.05) is 0 Å². The van der Waals surface area contributed by atoms with Gasteiger partial charge in [-0.15, -0.1) is 0 Å². The van der Waals surface area contributed by atoms with Crippen molar-refractivity contribution in [2.45, 2.75) is 12.8 Å². The first-order valence-corrected chi connectivity index (χ1v) is 6.33. The molecule has 74 valence electrons. The Kier molecular flexibility index (Phi) is 4.11. The van der Waals surface area contributed by atoms with Crippen LogP contribution in [0.4, 0.5) is 0 Å². The van der Waals surface area contributed by atoms with Gasteiger partial charge in [0.25, 0.3) is 20.2 Å². The molecule has 0 saturated heterocycles. The monoisotopic (exact) mass is 218 g/mol. The minimum absolute atomic E-state index is 0.0125. The van der Waals surface area contributed by atoms with Gasteiger partial charge in [-0.3, -0.25) is 9.11 Å². The quantitative estimate of drug-likeness (QED) is 0.477. The van der Waals surface area contributed by atoms with E-state index in [4.69, 9.17) is 9.11 Å². The lowest BCUT2D eigenvalue weighted by Gasteiger charge is -1.96. The van der Waals surface area contributed by atoms with E-state index in [0.717, 1.165) is 0 Å². The zero-order valence-electron chi connectivity index (χ0n) is 6.17. The normalized spacial score (nSPS) is 13.2. The summed E-state index contributed by atoms with van der Waals surface area (Å²) in [6, 6.07) is 0. The van der Waals surface area contributed by atoms with Crippen LogP contribution in [0.2, 0.25) is 0 Å². The third-order valence-electron chi connectivity index (χ3n) is 1.05. The molecule has 0 radical (unpaired) electrons. The highest BCUT2D eigenvalue weighted by Gasteiger charge is 2.07.